The van der Waals surface area contributed by atoms with Gasteiger partial charge in [0.2, 0.25) is 0 Å². The van der Waals surface area contributed by atoms with Crippen LogP contribution in [0.2, 0.25) is 0 Å². The Morgan fingerprint density at radius 3 is 2.65 bits per heavy atom. The van der Waals surface area contributed by atoms with Crippen LogP contribution in [0.25, 0.3) is 6.08 Å². The van der Waals surface area contributed by atoms with Crippen LogP contribution in [0, 0.1) is 15.9 Å². The number of thioether (sulfide) groups is 1. The zero-order chi connectivity index (χ0) is 15.3. The summed E-state index contributed by atoms with van der Waals surface area (Å²) in [6.07, 6.45) is 2.73. The van der Waals surface area contributed by atoms with Gasteiger partial charge in [-0.3, -0.25) is 14.9 Å². The number of hydrogen-bond acceptors (Lipinski definition) is 5. The smallest absolute Gasteiger partial charge is 0.342 e. The van der Waals surface area contributed by atoms with Crippen LogP contribution in [-0.4, -0.2) is 26.9 Å². The van der Waals surface area contributed by atoms with Crippen molar-refractivity contribution in [3.05, 3.63) is 45.3 Å². The van der Waals surface area contributed by atoms with Crippen molar-refractivity contribution < 1.29 is 24.0 Å². The molecule has 106 valence electrons. The molecule has 1 N–H and O–H groups in total. The van der Waals surface area contributed by atoms with Crippen LogP contribution in [0.15, 0.2) is 18.2 Å². The highest BCUT2D eigenvalue weighted by molar-refractivity contribution is 8.13. The van der Waals surface area contributed by atoms with E-state index in [1.165, 1.54) is 19.1 Å². The Hall–Kier alpha value is -2.22. The average Bonchev–Trinajstić information content (AvgIpc) is 2.34. The summed E-state index contributed by atoms with van der Waals surface area (Å²) in [4.78, 5) is 31.4. The van der Waals surface area contributed by atoms with Gasteiger partial charge in [-0.2, -0.15) is 0 Å². The maximum atomic E-state index is 13.6. The average molecular weight is 299 g/mol. The molecular weight excluding hydrogens is 289 g/mol. The van der Waals surface area contributed by atoms with Gasteiger partial charge in [-0.25, -0.2) is 9.18 Å². The lowest BCUT2D eigenvalue weighted by atomic mass is 10.1. The van der Waals surface area contributed by atoms with Gasteiger partial charge in [-0.15, -0.1) is 0 Å². The van der Waals surface area contributed by atoms with Crippen LogP contribution in [0.5, 0.6) is 0 Å². The van der Waals surface area contributed by atoms with E-state index >= 15 is 0 Å². The van der Waals surface area contributed by atoms with E-state index in [9.17, 15) is 24.1 Å². The topological polar surface area (TPSA) is 97.5 Å². The number of carboxylic acids is 1. The molecule has 0 spiro atoms. The number of nitrogens with zero attached hydrogens (tertiary/aromatic N) is 1. The number of benzene rings is 1. The molecule has 0 aliphatic heterocycles. The lowest BCUT2D eigenvalue weighted by Crippen LogP contribution is -2.04. The minimum atomic E-state index is -1.57. The van der Waals surface area contributed by atoms with Crippen molar-refractivity contribution >= 4 is 34.6 Å². The molecule has 6 nitrogen and oxygen atoms in total. The lowest BCUT2D eigenvalue weighted by Gasteiger charge is -2.01. The molecule has 0 aromatic heterocycles. The monoisotopic (exact) mass is 299 g/mol. The van der Waals surface area contributed by atoms with Crippen molar-refractivity contribution in [1.29, 1.82) is 0 Å². The second-order valence-electron chi connectivity index (χ2n) is 3.66. The highest BCUT2D eigenvalue weighted by atomic mass is 32.2. The Morgan fingerprint density at radius 1 is 1.50 bits per heavy atom. The fourth-order valence-corrected chi connectivity index (χ4v) is 1.80. The normalized spacial score (nSPS) is 10.7. The first-order valence-corrected chi connectivity index (χ1v) is 6.32. The van der Waals surface area contributed by atoms with E-state index in [0.717, 1.165) is 17.8 Å². The van der Waals surface area contributed by atoms with Gasteiger partial charge in [0.1, 0.15) is 11.4 Å². The Morgan fingerprint density at radius 2 is 2.15 bits per heavy atom. The van der Waals surface area contributed by atoms with Gasteiger partial charge >= 0.3 is 5.97 Å². The summed E-state index contributed by atoms with van der Waals surface area (Å²) < 4.78 is 13.6. The Balaban J connectivity index is 3.09. The maximum Gasteiger partial charge on any atom is 0.342 e. The molecule has 1 aromatic carbocycles. The van der Waals surface area contributed by atoms with Crippen LogP contribution in [0.4, 0.5) is 10.1 Å². The van der Waals surface area contributed by atoms with Gasteiger partial charge in [-0.1, -0.05) is 23.9 Å². The third kappa shape index (κ3) is 4.16. The molecule has 0 fully saturated rings. The van der Waals surface area contributed by atoms with E-state index in [0.29, 0.717) is 11.8 Å². The Bertz CT molecular complexity index is 600. The number of nitro groups is 1. The maximum absolute atomic E-state index is 13.6. The van der Waals surface area contributed by atoms with Gasteiger partial charge in [0.15, 0.2) is 5.12 Å². The first-order valence-electron chi connectivity index (χ1n) is 5.34. The Labute approximate surface area is 117 Å². The summed E-state index contributed by atoms with van der Waals surface area (Å²) in [7, 11) is 0. The van der Waals surface area contributed by atoms with Crippen molar-refractivity contribution in [2.45, 2.75) is 6.92 Å². The lowest BCUT2D eigenvalue weighted by molar-refractivity contribution is -0.385. The fourth-order valence-electron chi connectivity index (χ4n) is 1.37. The molecule has 1 rings (SSSR count). The molecule has 0 bridgehead atoms. The molecule has 0 heterocycles. The predicted octanol–water partition coefficient (Wildman–Crippen LogP) is 2.73. The number of carboxylic acid groups (broad SMARTS) is 1. The van der Waals surface area contributed by atoms with Crippen LogP contribution in [-0.2, 0) is 4.79 Å². The molecular formula is C12H10FNO5S. The molecule has 0 atom stereocenters. The summed E-state index contributed by atoms with van der Waals surface area (Å²) >= 11 is 0.999. The summed E-state index contributed by atoms with van der Waals surface area (Å²) in [5.41, 5.74) is -1.49. The highest BCUT2D eigenvalue weighted by Gasteiger charge is 2.22. The number of carbonyl (C=O) groups is 2. The van der Waals surface area contributed by atoms with Crippen LogP contribution >= 0.6 is 11.8 Å². The van der Waals surface area contributed by atoms with Crippen LogP contribution in [0.3, 0.4) is 0 Å². The van der Waals surface area contributed by atoms with Crippen molar-refractivity contribution in [2.24, 2.45) is 0 Å². The van der Waals surface area contributed by atoms with Gasteiger partial charge in [0.25, 0.3) is 5.69 Å². The van der Waals surface area contributed by atoms with E-state index in [1.807, 2.05) is 0 Å². The van der Waals surface area contributed by atoms with E-state index in [4.69, 9.17) is 5.11 Å². The van der Waals surface area contributed by atoms with E-state index in [2.05, 4.69) is 0 Å². The van der Waals surface area contributed by atoms with Gasteiger partial charge in [0, 0.05) is 24.3 Å². The third-order valence-electron chi connectivity index (χ3n) is 2.22. The van der Waals surface area contributed by atoms with Crippen molar-refractivity contribution in [3.63, 3.8) is 0 Å². The summed E-state index contributed by atoms with van der Waals surface area (Å²) in [5, 5.41) is 19.4. The minimum Gasteiger partial charge on any atom is -0.477 e. The Kier molecular flexibility index (Phi) is 5.39. The number of nitro benzene ring substituents is 1. The quantitative estimate of drug-likeness (QED) is 0.663. The van der Waals surface area contributed by atoms with Crippen molar-refractivity contribution in [3.8, 4) is 0 Å². The van der Waals surface area contributed by atoms with Gasteiger partial charge in [0.05, 0.1) is 4.92 Å². The zero-order valence-corrected chi connectivity index (χ0v) is 11.1. The van der Waals surface area contributed by atoms with Gasteiger partial charge in [-0.05, 0) is 6.07 Å². The molecule has 0 amide bonds. The van der Waals surface area contributed by atoms with Crippen molar-refractivity contribution in [2.75, 3.05) is 5.75 Å². The number of halogens is 1. The van der Waals surface area contributed by atoms with E-state index < -0.39 is 28.0 Å². The molecule has 20 heavy (non-hydrogen) atoms. The largest absolute Gasteiger partial charge is 0.477 e. The number of aromatic carboxylic acids is 1. The van der Waals surface area contributed by atoms with Gasteiger partial charge < -0.3 is 5.11 Å². The SMILES string of the molecule is CC(=O)SCC=Cc1cc([N+](=O)[O-])c(C(=O)O)cc1F. The second-order valence-corrected chi connectivity index (χ2v) is 4.86. The minimum absolute atomic E-state index is 0.106. The summed E-state index contributed by atoms with van der Waals surface area (Å²) in [5.74, 6) is -2.15. The van der Waals surface area contributed by atoms with E-state index in [-0.39, 0.29) is 10.7 Å². The first-order chi connectivity index (χ1) is 9.32. The highest BCUT2D eigenvalue weighted by Crippen LogP contribution is 2.24. The molecule has 8 heteroatoms. The molecule has 0 saturated heterocycles. The summed E-state index contributed by atoms with van der Waals surface area (Å²) in [6.45, 7) is 1.38. The molecule has 0 unspecified atom stereocenters. The molecule has 0 radical (unpaired) electrons. The first kappa shape index (κ1) is 15.8. The molecule has 1 aromatic rings. The predicted molar refractivity (Wildman–Crippen MR) is 72.2 cm³/mol. The van der Waals surface area contributed by atoms with Crippen LogP contribution < -0.4 is 0 Å². The molecule has 0 aliphatic rings. The molecule has 0 saturated carbocycles. The third-order valence-corrected chi connectivity index (χ3v) is 2.99. The van der Waals surface area contributed by atoms with E-state index in [1.54, 1.807) is 0 Å². The summed E-state index contributed by atoms with van der Waals surface area (Å²) in [6, 6.07) is 1.46. The number of hydrogen-bond donors (Lipinski definition) is 1. The second kappa shape index (κ2) is 6.80. The van der Waals surface area contributed by atoms with Crippen molar-refractivity contribution in [1.82, 2.24) is 0 Å². The molecule has 0 aliphatic carbocycles. The fraction of sp³-hybridized carbons (Fsp3) is 0.167. The number of rotatable bonds is 5. The standard InChI is InChI=1S/C12H10FNO5S/c1-7(15)20-4-2-3-8-5-11(14(18)19)9(12(16)17)6-10(8)13/h2-3,5-6H,4H2,1H3,(H,16,17). The number of carbonyl (C=O) groups excluding carboxylic acids is 1. The zero-order valence-electron chi connectivity index (χ0n) is 10.3. The van der Waals surface area contributed by atoms with Crippen LogP contribution in [0.1, 0.15) is 22.8 Å².